The van der Waals surface area contributed by atoms with Crippen molar-refractivity contribution in [3.63, 3.8) is 0 Å². The van der Waals surface area contributed by atoms with Crippen LogP contribution in [0.25, 0.3) is 11.3 Å². The van der Waals surface area contributed by atoms with Gasteiger partial charge in [-0.3, -0.25) is 9.48 Å². The van der Waals surface area contributed by atoms with E-state index in [1.54, 1.807) is 14.2 Å². The van der Waals surface area contributed by atoms with Crippen molar-refractivity contribution in [1.29, 1.82) is 0 Å². The van der Waals surface area contributed by atoms with Crippen LogP contribution in [-0.2, 0) is 25.9 Å². The molecule has 0 atom stereocenters. The molecule has 7 nitrogen and oxygen atoms in total. The minimum atomic E-state index is -0.276. The van der Waals surface area contributed by atoms with Crippen LogP contribution in [0.3, 0.4) is 0 Å². The van der Waals surface area contributed by atoms with E-state index in [1.807, 2.05) is 54.1 Å². The predicted octanol–water partition coefficient (Wildman–Crippen LogP) is 5.20. The van der Waals surface area contributed by atoms with E-state index in [4.69, 9.17) is 30.6 Å². The summed E-state index contributed by atoms with van der Waals surface area (Å²) in [5.74, 6) is 2.21. The normalized spacial score (nSPS) is 12.1. The Kier molecular flexibility index (Phi) is 6.26. The minimum Gasteiger partial charge on any atom is -0.497 e. The number of ether oxygens (including phenoxy) is 2. The number of halogens is 1. The van der Waals surface area contributed by atoms with Crippen LogP contribution >= 0.6 is 11.6 Å². The average Bonchev–Trinajstić information content (AvgIpc) is 3.42. The second-order valence-corrected chi connectivity index (χ2v) is 8.98. The second kappa shape index (κ2) is 9.50. The van der Waals surface area contributed by atoms with Crippen molar-refractivity contribution in [2.75, 3.05) is 14.2 Å². The van der Waals surface area contributed by atoms with E-state index < -0.39 is 0 Å². The van der Waals surface area contributed by atoms with Gasteiger partial charge in [-0.1, -0.05) is 23.7 Å². The number of fused-ring (bicyclic) bond motifs is 3. The smallest absolute Gasteiger partial charge is 0.287 e. The summed E-state index contributed by atoms with van der Waals surface area (Å²) in [4.78, 5) is 13.1. The van der Waals surface area contributed by atoms with E-state index in [-0.39, 0.29) is 12.5 Å². The molecule has 8 heteroatoms. The van der Waals surface area contributed by atoms with Crippen molar-refractivity contribution in [3.8, 4) is 22.8 Å². The SMILES string of the molecule is COc1ccc(OC)c(CNC(=O)c2oc3c(c2C)-c2nn(Cc4cccc(Cl)c4)cc2CC3)c1. The lowest BCUT2D eigenvalue weighted by Crippen LogP contribution is -2.23. The molecule has 0 spiro atoms. The van der Waals surface area contributed by atoms with Crippen molar-refractivity contribution in [3.05, 3.63) is 87.5 Å². The Bertz CT molecular complexity index is 1410. The zero-order chi connectivity index (χ0) is 24.5. The monoisotopic (exact) mass is 491 g/mol. The van der Waals surface area contributed by atoms with Crippen LogP contribution < -0.4 is 14.8 Å². The van der Waals surface area contributed by atoms with Gasteiger partial charge in [-0.15, -0.1) is 0 Å². The molecule has 1 aliphatic rings. The summed E-state index contributed by atoms with van der Waals surface area (Å²) in [5.41, 5.74) is 5.63. The number of carbonyl (C=O) groups excluding carboxylic acids is 1. The minimum absolute atomic E-state index is 0.276. The zero-order valence-electron chi connectivity index (χ0n) is 19.9. The molecule has 0 saturated heterocycles. The predicted molar refractivity (Wildman–Crippen MR) is 133 cm³/mol. The summed E-state index contributed by atoms with van der Waals surface area (Å²) in [5, 5.41) is 8.49. The fourth-order valence-electron chi connectivity index (χ4n) is 4.56. The van der Waals surface area contributed by atoms with Gasteiger partial charge in [-0.25, -0.2) is 0 Å². The van der Waals surface area contributed by atoms with Crippen molar-refractivity contribution in [2.24, 2.45) is 0 Å². The highest BCUT2D eigenvalue weighted by atomic mass is 35.5. The maximum Gasteiger partial charge on any atom is 0.287 e. The van der Waals surface area contributed by atoms with Gasteiger partial charge < -0.3 is 19.2 Å². The number of aromatic nitrogens is 2. The number of amides is 1. The number of aryl methyl sites for hydroxylation is 2. The quantitative estimate of drug-likeness (QED) is 0.384. The van der Waals surface area contributed by atoms with Crippen molar-refractivity contribution >= 4 is 17.5 Å². The Hall–Kier alpha value is -3.71. The molecule has 0 aliphatic heterocycles. The number of carbonyl (C=O) groups is 1. The maximum atomic E-state index is 13.1. The second-order valence-electron chi connectivity index (χ2n) is 8.55. The van der Waals surface area contributed by atoms with Crippen LogP contribution in [0.2, 0.25) is 5.02 Å². The van der Waals surface area contributed by atoms with Crippen LogP contribution in [0.1, 0.15) is 38.6 Å². The Labute approximate surface area is 208 Å². The van der Waals surface area contributed by atoms with Crippen LogP contribution in [0, 0.1) is 6.92 Å². The van der Waals surface area contributed by atoms with Crippen molar-refractivity contribution < 1.29 is 18.7 Å². The maximum absolute atomic E-state index is 13.1. The number of hydrogen-bond donors (Lipinski definition) is 1. The molecule has 0 radical (unpaired) electrons. The fourth-order valence-corrected chi connectivity index (χ4v) is 4.77. The zero-order valence-corrected chi connectivity index (χ0v) is 20.6. The molecule has 2 aromatic heterocycles. The molecule has 2 heterocycles. The molecule has 1 N–H and O–H groups in total. The Balaban J connectivity index is 1.38. The first-order valence-electron chi connectivity index (χ1n) is 11.4. The lowest BCUT2D eigenvalue weighted by atomic mass is 9.93. The molecule has 0 fully saturated rings. The first-order chi connectivity index (χ1) is 17.0. The van der Waals surface area contributed by atoms with Crippen LogP contribution in [0.5, 0.6) is 11.5 Å². The van der Waals surface area contributed by atoms with Gasteiger partial charge >= 0.3 is 0 Å². The van der Waals surface area contributed by atoms with E-state index in [1.165, 1.54) is 0 Å². The molecule has 1 amide bonds. The van der Waals surface area contributed by atoms with E-state index in [2.05, 4.69) is 11.5 Å². The molecule has 5 rings (SSSR count). The molecule has 1 aliphatic carbocycles. The summed E-state index contributed by atoms with van der Waals surface area (Å²) in [6.45, 7) is 2.81. The van der Waals surface area contributed by atoms with Crippen molar-refractivity contribution in [1.82, 2.24) is 15.1 Å². The van der Waals surface area contributed by atoms with Gasteiger partial charge in [0.15, 0.2) is 5.76 Å². The average molecular weight is 492 g/mol. The number of methoxy groups -OCH3 is 2. The topological polar surface area (TPSA) is 78.5 Å². The molecule has 180 valence electrons. The van der Waals surface area contributed by atoms with Gasteiger partial charge in [-0.2, -0.15) is 5.10 Å². The summed E-state index contributed by atoms with van der Waals surface area (Å²) >= 11 is 6.14. The van der Waals surface area contributed by atoms with Crippen molar-refractivity contribution in [2.45, 2.75) is 32.9 Å². The van der Waals surface area contributed by atoms with Gasteiger partial charge in [0.05, 0.1) is 26.5 Å². The summed E-state index contributed by atoms with van der Waals surface area (Å²) in [7, 11) is 3.20. The fraction of sp³-hybridized carbons (Fsp3) is 0.259. The van der Waals surface area contributed by atoms with Crippen LogP contribution in [0.15, 0.2) is 53.1 Å². The molecule has 4 aromatic rings. The number of benzene rings is 2. The van der Waals surface area contributed by atoms with Gasteiger partial charge in [0, 0.05) is 40.9 Å². The number of nitrogens with zero attached hydrogens (tertiary/aromatic N) is 2. The van der Waals surface area contributed by atoms with Gasteiger partial charge in [0.2, 0.25) is 0 Å². The summed E-state index contributed by atoms with van der Waals surface area (Å²) in [6, 6.07) is 13.2. The summed E-state index contributed by atoms with van der Waals surface area (Å²) in [6.07, 6.45) is 3.61. The lowest BCUT2D eigenvalue weighted by molar-refractivity contribution is 0.0920. The van der Waals surface area contributed by atoms with Gasteiger partial charge in [-0.05, 0) is 54.8 Å². The largest absolute Gasteiger partial charge is 0.497 e. The molecule has 35 heavy (non-hydrogen) atoms. The van der Waals surface area contributed by atoms with Gasteiger partial charge in [0.1, 0.15) is 17.3 Å². The highest BCUT2D eigenvalue weighted by Crippen LogP contribution is 2.38. The highest BCUT2D eigenvalue weighted by Gasteiger charge is 2.29. The Morgan fingerprint density at radius 1 is 1.17 bits per heavy atom. The van der Waals surface area contributed by atoms with Crippen LogP contribution in [0.4, 0.5) is 0 Å². The number of furan rings is 1. The first-order valence-corrected chi connectivity index (χ1v) is 11.8. The third kappa shape index (κ3) is 4.51. The van der Waals surface area contributed by atoms with E-state index in [9.17, 15) is 4.79 Å². The Morgan fingerprint density at radius 3 is 2.80 bits per heavy atom. The third-order valence-corrected chi connectivity index (χ3v) is 6.52. The Morgan fingerprint density at radius 2 is 2.03 bits per heavy atom. The standard InChI is InChI=1S/C27H26ClN3O4/c1-16-24-23(9-7-18-15-31(30-25(18)24)14-17-5-4-6-20(28)11-17)35-26(16)27(32)29-13-19-12-21(33-2)8-10-22(19)34-3/h4-6,8,10-12,15H,7,9,13-14H2,1-3H3,(H,29,32). The molecular weight excluding hydrogens is 466 g/mol. The third-order valence-electron chi connectivity index (χ3n) is 6.28. The number of hydrogen-bond acceptors (Lipinski definition) is 5. The van der Waals surface area contributed by atoms with E-state index in [0.29, 0.717) is 28.8 Å². The van der Waals surface area contributed by atoms with E-state index in [0.717, 1.165) is 52.1 Å². The highest BCUT2D eigenvalue weighted by molar-refractivity contribution is 6.30. The first kappa shape index (κ1) is 23.1. The number of nitrogens with one attached hydrogen (secondary N) is 1. The molecule has 0 bridgehead atoms. The molecule has 2 aromatic carbocycles. The lowest BCUT2D eigenvalue weighted by Gasteiger charge is -2.11. The summed E-state index contributed by atoms with van der Waals surface area (Å²) < 4.78 is 18.7. The van der Waals surface area contributed by atoms with E-state index >= 15 is 0 Å². The van der Waals surface area contributed by atoms with Crippen LogP contribution in [-0.4, -0.2) is 29.9 Å². The number of rotatable bonds is 7. The van der Waals surface area contributed by atoms with Gasteiger partial charge in [0.25, 0.3) is 5.91 Å². The molecule has 0 saturated carbocycles. The molecule has 0 unspecified atom stereocenters. The molecular formula is C27H26ClN3O4.